The van der Waals surface area contributed by atoms with Crippen LogP contribution in [-0.4, -0.2) is 45.1 Å². The number of aryl methyl sites for hydroxylation is 1. The second-order valence-corrected chi connectivity index (χ2v) is 8.65. The minimum absolute atomic E-state index is 0.0898. The number of nitrogens with zero attached hydrogens (tertiary/aromatic N) is 4. The number of hydrogen-bond donors (Lipinski definition) is 0. The zero-order valence-electron chi connectivity index (χ0n) is 18.6. The summed E-state index contributed by atoms with van der Waals surface area (Å²) in [7, 11) is 1.89. The van der Waals surface area contributed by atoms with Gasteiger partial charge in [-0.3, -0.25) is 14.5 Å². The molecule has 152 valence electrons. The van der Waals surface area contributed by atoms with E-state index in [1.807, 2.05) is 37.6 Å². The molecule has 4 rings (SSSR count). The summed E-state index contributed by atoms with van der Waals surface area (Å²) in [6.45, 7) is 7.55. The summed E-state index contributed by atoms with van der Waals surface area (Å²) in [5.74, 6) is 0.969. The maximum atomic E-state index is 12.9. The number of Topliss-reactive ketones (excluding diaryl/α,β-unsaturated/α-hetero) is 1. The normalized spacial score (nSPS) is 16.5. The van der Waals surface area contributed by atoms with Crippen LogP contribution in [0.15, 0.2) is 42.8 Å². The molecule has 1 fully saturated rings. The topological polar surface area (TPSA) is 51.0 Å². The summed E-state index contributed by atoms with van der Waals surface area (Å²) in [5, 5.41) is 5.99. The third-order valence-corrected chi connectivity index (χ3v) is 5.74. The maximum Gasteiger partial charge on any atom is 0.142 e. The highest BCUT2D eigenvalue weighted by Gasteiger charge is 2.25. The molecule has 0 bridgehead atoms. The molecule has 0 radical (unpaired) electrons. The van der Waals surface area contributed by atoms with Gasteiger partial charge < -0.3 is 4.90 Å². The summed E-state index contributed by atoms with van der Waals surface area (Å²) in [6, 6.07) is 6.38. The van der Waals surface area contributed by atoms with Gasteiger partial charge in [-0.05, 0) is 54.9 Å². The standard InChI is InChI=1S/C24H30N4O/c1-17(2)15-28-8-6-18(7-9-28)24(29)12-23-11-21-10-19(4-5-20(21)13-25-23)22-14-26-27(3)16-22/h4-5,10-11,13-14,16-18H,6-9,12,15H2,1-3H3/i11D. The fraction of sp³-hybridized carbons (Fsp3) is 0.458. The van der Waals surface area contributed by atoms with Gasteiger partial charge in [-0.2, -0.15) is 5.10 Å². The van der Waals surface area contributed by atoms with Crippen molar-refractivity contribution >= 4 is 16.6 Å². The smallest absolute Gasteiger partial charge is 0.142 e. The molecule has 1 aromatic carbocycles. The van der Waals surface area contributed by atoms with Crippen LogP contribution in [0.2, 0.25) is 0 Å². The predicted octanol–water partition coefficient (Wildman–Crippen LogP) is 4.11. The molecule has 0 N–H and O–H groups in total. The molecule has 3 aromatic rings. The number of hydrogen-bond acceptors (Lipinski definition) is 4. The van der Waals surface area contributed by atoms with E-state index in [1.54, 1.807) is 10.9 Å². The Morgan fingerprint density at radius 1 is 1.21 bits per heavy atom. The highest BCUT2D eigenvalue weighted by atomic mass is 16.1. The van der Waals surface area contributed by atoms with E-state index in [-0.39, 0.29) is 18.1 Å². The molecular weight excluding hydrogens is 360 g/mol. The van der Waals surface area contributed by atoms with Crippen molar-refractivity contribution in [2.24, 2.45) is 18.9 Å². The van der Waals surface area contributed by atoms with E-state index in [0.29, 0.717) is 17.7 Å². The third kappa shape index (κ3) is 4.73. The molecule has 0 amide bonds. The largest absolute Gasteiger partial charge is 0.303 e. The second kappa shape index (κ2) is 8.46. The first-order chi connectivity index (χ1) is 14.4. The molecule has 1 aliphatic heterocycles. The fourth-order valence-corrected chi connectivity index (χ4v) is 4.22. The van der Waals surface area contributed by atoms with Crippen molar-refractivity contribution in [2.45, 2.75) is 33.1 Å². The van der Waals surface area contributed by atoms with Gasteiger partial charge in [-0.1, -0.05) is 26.0 Å². The molecule has 1 aliphatic rings. The molecular formula is C24H30N4O. The van der Waals surface area contributed by atoms with Crippen LogP contribution in [0.1, 0.15) is 33.8 Å². The van der Waals surface area contributed by atoms with Gasteiger partial charge in [0.25, 0.3) is 0 Å². The van der Waals surface area contributed by atoms with E-state index in [9.17, 15) is 4.79 Å². The highest BCUT2D eigenvalue weighted by Crippen LogP contribution is 2.25. The molecule has 0 spiro atoms. The lowest BCUT2D eigenvalue weighted by Crippen LogP contribution is -2.38. The molecule has 29 heavy (non-hydrogen) atoms. The van der Waals surface area contributed by atoms with Crippen molar-refractivity contribution in [1.29, 1.82) is 0 Å². The number of benzene rings is 1. The summed E-state index contributed by atoms with van der Waals surface area (Å²) in [5.41, 5.74) is 2.62. The lowest BCUT2D eigenvalue weighted by atomic mass is 9.89. The van der Waals surface area contributed by atoms with E-state index in [0.717, 1.165) is 54.4 Å². The number of carbonyl (C=O) groups is 1. The van der Waals surface area contributed by atoms with E-state index in [2.05, 4.69) is 28.8 Å². The number of piperidine rings is 1. The Labute approximate surface area is 174 Å². The van der Waals surface area contributed by atoms with Crippen molar-refractivity contribution < 1.29 is 6.17 Å². The minimum Gasteiger partial charge on any atom is -0.303 e. The van der Waals surface area contributed by atoms with Crippen molar-refractivity contribution in [2.75, 3.05) is 19.6 Å². The first-order valence-corrected chi connectivity index (χ1v) is 10.5. The second-order valence-electron chi connectivity index (χ2n) is 8.65. The quantitative estimate of drug-likeness (QED) is 0.634. The molecule has 5 nitrogen and oxygen atoms in total. The summed E-state index contributed by atoms with van der Waals surface area (Å²) < 4.78 is 10.4. The minimum atomic E-state index is 0.0898. The first-order valence-electron chi connectivity index (χ1n) is 11.0. The highest BCUT2D eigenvalue weighted by molar-refractivity contribution is 5.88. The Bertz CT molecular complexity index is 1050. The summed E-state index contributed by atoms with van der Waals surface area (Å²) in [4.78, 5) is 19.8. The Balaban J connectivity index is 1.50. The molecule has 2 aromatic heterocycles. The third-order valence-electron chi connectivity index (χ3n) is 5.74. The van der Waals surface area contributed by atoms with Crippen LogP contribution in [-0.2, 0) is 18.3 Å². The summed E-state index contributed by atoms with van der Waals surface area (Å²) >= 11 is 0. The van der Waals surface area contributed by atoms with Crippen molar-refractivity contribution in [1.82, 2.24) is 19.7 Å². The van der Waals surface area contributed by atoms with Crippen LogP contribution in [0.5, 0.6) is 0 Å². The predicted molar refractivity (Wildman–Crippen MR) is 117 cm³/mol. The number of carbonyl (C=O) groups excluding carboxylic acids is 1. The Hall–Kier alpha value is -2.53. The van der Waals surface area contributed by atoms with E-state index < -0.39 is 0 Å². The van der Waals surface area contributed by atoms with Crippen LogP contribution in [0.4, 0.5) is 0 Å². The van der Waals surface area contributed by atoms with E-state index >= 15 is 0 Å². The van der Waals surface area contributed by atoms with Gasteiger partial charge >= 0.3 is 0 Å². The van der Waals surface area contributed by atoms with Gasteiger partial charge in [0.1, 0.15) is 5.78 Å². The number of pyridine rings is 1. The Kier molecular flexibility index (Phi) is 5.39. The van der Waals surface area contributed by atoms with Crippen molar-refractivity contribution in [3.63, 3.8) is 0 Å². The molecule has 0 aliphatic carbocycles. The lowest BCUT2D eigenvalue weighted by molar-refractivity contribution is -0.123. The van der Waals surface area contributed by atoms with Gasteiger partial charge in [0.15, 0.2) is 0 Å². The molecule has 0 unspecified atom stereocenters. The van der Waals surface area contributed by atoms with Crippen LogP contribution in [0.25, 0.3) is 21.9 Å². The van der Waals surface area contributed by atoms with Crippen molar-refractivity contribution in [3.05, 3.63) is 48.5 Å². The number of rotatable bonds is 6. The average molecular weight is 392 g/mol. The van der Waals surface area contributed by atoms with Gasteiger partial charge in [-0.15, -0.1) is 0 Å². The van der Waals surface area contributed by atoms with Gasteiger partial charge in [0.05, 0.1) is 7.57 Å². The van der Waals surface area contributed by atoms with Crippen LogP contribution >= 0.6 is 0 Å². The van der Waals surface area contributed by atoms with Crippen LogP contribution in [0, 0.1) is 11.8 Å². The summed E-state index contributed by atoms with van der Waals surface area (Å²) in [6.07, 6.45) is 7.65. The number of likely N-dealkylation sites (tertiary alicyclic amines) is 1. The monoisotopic (exact) mass is 391 g/mol. The van der Waals surface area contributed by atoms with Crippen molar-refractivity contribution in [3.8, 4) is 11.1 Å². The van der Waals surface area contributed by atoms with Gasteiger partial charge in [-0.25, -0.2) is 0 Å². The fourth-order valence-electron chi connectivity index (χ4n) is 4.22. The first kappa shape index (κ1) is 18.5. The molecule has 5 heteroatoms. The molecule has 3 heterocycles. The van der Waals surface area contributed by atoms with Crippen LogP contribution < -0.4 is 0 Å². The maximum absolute atomic E-state index is 12.9. The van der Waals surface area contributed by atoms with Crippen LogP contribution in [0.3, 0.4) is 0 Å². The number of ketones is 1. The Morgan fingerprint density at radius 3 is 2.69 bits per heavy atom. The van der Waals surface area contributed by atoms with Gasteiger partial charge in [0.2, 0.25) is 0 Å². The zero-order valence-corrected chi connectivity index (χ0v) is 17.6. The Morgan fingerprint density at radius 2 is 2.00 bits per heavy atom. The number of aromatic nitrogens is 3. The van der Waals surface area contributed by atoms with E-state index in [1.165, 1.54) is 0 Å². The van der Waals surface area contributed by atoms with E-state index in [4.69, 9.17) is 1.37 Å². The zero-order chi connectivity index (χ0) is 21.3. The number of fused-ring (bicyclic) bond motifs is 1. The molecule has 1 saturated heterocycles. The lowest BCUT2D eigenvalue weighted by Gasteiger charge is -2.32. The average Bonchev–Trinajstić information content (AvgIpc) is 3.16. The SMILES string of the molecule is [2H]c1c(CC(=O)C2CCN(CC(C)C)CC2)ncc2ccc(-c3cnn(C)c3)cc12. The molecule has 0 saturated carbocycles. The van der Waals surface area contributed by atoms with Gasteiger partial charge in [0, 0.05) is 55.0 Å². The molecule has 0 atom stereocenters.